The highest BCUT2D eigenvalue weighted by Gasteiger charge is 2.09. The van der Waals surface area contributed by atoms with Gasteiger partial charge in [-0.3, -0.25) is 0 Å². The molecule has 0 amide bonds. The van der Waals surface area contributed by atoms with Gasteiger partial charge in [-0.25, -0.2) is 0 Å². The molecule has 0 aliphatic carbocycles. The van der Waals surface area contributed by atoms with E-state index in [0.717, 1.165) is 38.0 Å². The van der Waals surface area contributed by atoms with Crippen molar-refractivity contribution in [3.63, 3.8) is 0 Å². The summed E-state index contributed by atoms with van der Waals surface area (Å²) in [7, 11) is 0. The number of carbonyl (C=O) groups excluding carboxylic acids is 2. The number of hydrogen-bond donors (Lipinski definition) is 0. The van der Waals surface area contributed by atoms with Crippen LogP contribution in [0.25, 0.3) is 0 Å². The first-order valence-electron chi connectivity index (χ1n) is 4.48. The van der Waals surface area contributed by atoms with E-state index < -0.39 is 0 Å². The van der Waals surface area contributed by atoms with Crippen LogP contribution in [0.15, 0.2) is 11.1 Å². The maximum absolute atomic E-state index is 8.73. The first-order chi connectivity index (χ1) is 6.79. The molecule has 4 nitrogen and oxygen atoms in total. The largest absolute Gasteiger partial charge is 0.381 e. The minimum absolute atomic E-state index is 0.250. The summed E-state index contributed by atoms with van der Waals surface area (Å²) in [5.74, 6) is 0. The smallest absolute Gasteiger partial charge is 0.373 e. The van der Waals surface area contributed by atoms with Crippen LogP contribution in [0.4, 0.5) is 0 Å². The van der Waals surface area contributed by atoms with Crippen molar-refractivity contribution in [3.05, 3.63) is 11.1 Å². The fourth-order valence-corrected chi connectivity index (χ4v) is 1.33. The zero-order valence-corrected chi connectivity index (χ0v) is 8.21. The molecule has 1 aliphatic rings. The van der Waals surface area contributed by atoms with Gasteiger partial charge in [-0.2, -0.15) is 14.9 Å². The van der Waals surface area contributed by atoms with Gasteiger partial charge in [-0.1, -0.05) is 12.5 Å². The topological polar surface area (TPSA) is 67.2 Å². The standard InChI is InChI=1S/C9H13NO.CO2/c1-2-8(7-10)9-3-5-11-6-4-9;2-1-3/h2-6H2,1H3;. The van der Waals surface area contributed by atoms with Crippen LogP contribution in [-0.2, 0) is 14.3 Å². The third-order valence-electron chi connectivity index (χ3n) is 2.01. The van der Waals surface area contributed by atoms with E-state index in [1.54, 1.807) is 0 Å². The minimum atomic E-state index is 0.250. The summed E-state index contributed by atoms with van der Waals surface area (Å²) in [5.41, 5.74) is 2.27. The van der Waals surface area contributed by atoms with Crippen LogP contribution in [0.3, 0.4) is 0 Å². The lowest BCUT2D eigenvalue weighted by molar-refractivity contribution is -0.191. The van der Waals surface area contributed by atoms with Crippen molar-refractivity contribution in [1.82, 2.24) is 0 Å². The molecule has 14 heavy (non-hydrogen) atoms. The number of nitrogens with zero attached hydrogens (tertiary/aromatic N) is 1. The Hall–Kier alpha value is -1.43. The third kappa shape index (κ3) is 4.56. The minimum Gasteiger partial charge on any atom is -0.381 e. The first kappa shape index (κ1) is 12.6. The Morgan fingerprint density at radius 2 is 1.93 bits per heavy atom. The van der Waals surface area contributed by atoms with Gasteiger partial charge in [0.05, 0.1) is 19.3 Å². The van der Waals surface area contributed by atoms with Crippen molar-refractivity contribution >= 4 is 6.15 Å². The fraction of sp³-hybridized carbons (Fsp3) is 0.600. The van der Waals surface area contributed by atoms with Crippen molar-refractivity contribution in [3.8, 4) is 6.07 Å². The van der Waals surface area contributed by atoms with E-state index >= 15 is 0 Å². The van der Waals surface area contributed by atoms with Crippen LogP contribution in [-0.4, -0.2) is 19.4 Å². The Morgan fingerprint density at radius 3 is 2.29 bits per heavy atom. The van der Waals surface area contributed by atoms with E-state index in [4.69, 9.17) is 19.6 Å². The molecule has 1 heterocycles. The molecule has 0 radical (unpaired) electrons. The summed E-state index contributed by atoms with van der Waals surface area (Å²) in [6, 6.07) is 2.25. The van der Waals surface area contributed by atoms with Crippen molar-refractivity contribution in [2.45, 2.75) is 26.2 Å². The summed E-state index contributed by atoms with van der Waals surface area (Å²) in [5, 5.41) is 8.73. The van der Waals surface area contributed by atoms with Crippen molar-refractivity contribution < 1.29 is 14.3 Å². The average Bonchev–Trinajstić information content (AvgIpc) is 2.22. The fourth-order valence-electron chi connectivity index (χ4n) is 1.33. The van der Waals surface area contributed by atoms with Gasteiger partial charge in [0.2, 0.25) is 0 Å². The Bertz CT molecular complexity index is 262. The van der Waals surface area contributed by atoms with Gasteiger partial charge < -0.3 is 4.74 Å². The molecular formula is C10H13NO3. The van der Waals surface area contributed by atoms with Gasteiger partial charge >= 0.3 is 6.15 Å². The predicted molar refractivity (Wildman–Crippen MR) is 48.0 cm³/mol. The maximum Gasteiger partial charge on any atom is 0.373 e. The van der Waals surface area contributed by atoms with Crippen LogP contribution in [0, 0.1) is 11.3 Å². The van der Waals surface area contributed by atoms with Crippen LogP contribution in [0.5, 0.6) is 0 Å². The molecule has 0 bridgehead atoms. The van der Waals surface area contributed by atoms with Crippen LogP contribution in [0.1, 0.15) is 26.2 Å². The molecule has 1 rings (SSSR count). The van der Waals surface area contributed by atoms with Crippen molar-refractivity contribution in [2.75, 3.05) is 13.2 Å². The highest BCUT2D eigenvalue weighted by atomic mass is 16.5. The summed E-state index contributed by atoms with van der Waals surface area (Å²) in [6.07, 6.45) is 3.03. The van der Waals surface area contributed by atoms with E-state index in [-0.39, 0.29) is 6.15 Å². The second-order valence-electron chi connectivity index (χ2n) is 2.74. The molecule has 0 aromatic rings. The van der Waals surface area contributed by atoms with Crippen LogP contribution in [0.2, 0.25) is 0 Å². The molecule has 0 saturated carbocycles. The Labute approximate surface area is 83.2 Å². The maximum atomic E-state index is 8.73. The molecule has 1 aliphatic heterocycles. The van der Waals surface area contributed by atoms with Crippen molar-refractivity contribution in [2.24, 2.45) is 0 Å². The summed E-state index contributed by atoms with van der Waals surface area (Å²) in [4.78, 5) is 16.2. The lowest BCUT2D eigenvalue weighted by Gasteiger charge is -2.15. The Morgan fingerprint density at radius 1 is 1.43 bits per heavy atom. The van der Waals surface area contributed by atoms with Gasteiger partial charge in [0, 0.05) is 5.57 Å². The molecule has 0 aromatic heterocycles. The number of rotatable bonds is 1. The molecule has 76 valence electrons. The molecule has 1 saturated heterocycles. The predicted octanol–water partition coefficient (Wildman–Crippen LogP) is 1.44. The monoisotopic (exact) mass is 195 g/mol. The second kappa shape index (κ2) is 8.18. The quantitative estimate of drug-likeness (QED) is 0.594. The Kier molecular flexibility index (Phi) is 7.35. The Balaban J connectivity index is 0.000000500. The lowest BCUT2D eigenvalue weighted by atomic mass is 10.0. The number of hydrogen-bond acceptors (Lipinski definition) is 4. The molecule has 0 spiro atoms. The molecule has 0 aromatic carbocycles. The van der Waals surface area contributed by atoms with Gasteiger partial charge in [0.1, 0.15) is 0 Å². The van der Waals surface area contributed by atoms with E-state index in [1.807, 2.05) is 6.92 Å². The van der Waals surface area contributed by atoms with Gasteiger partial charge in [0.25, 0.3) is 0 Å². The average molecular weight is 195 g/mol. The summed E-state index contributed by atoms with van der Waals surface area (Å²) in [6.45, 7) is 3.61. The summed E-state index contributed by atoms with van der Waals surface area (Å²) >= 11 is 0. The second-order valence-corrected chi connectivity index (χ2v) is 2.74. The number of nitriles is 1. The first-order valence-corrected chi connectivity index (χ1v) is 4.48. The third-order valence-corrected chi connectivity index (χ3v) is 2.01. The zero-order valence-electron chi connectivity index (χ0n) is 8.21. The van der Waals surface area contributed by atoms with Crippen LogP contribution >= 0.6 is 0 Å². The molecule has 0 unspecified atom stereocenters. The van der Waals surface area contributed by atoms with E-state index in [9.17, 15) is 0 Å². The number of allylic oxidation sites excluding steroid dienone is 1. The summed E-state index contributed by atoms with van der Waals surface area (Å²) < 4.78 is 5.20. The molecule has 1 fully saturated rings. The molecule has 0 atom stereocenters. The van der Waals surface area contributed by atoms with Crippen LogP contribution < -0.4 is 0 Å². The van der Waals surface area contributed by atoms with Crippen molar-refractivity contribution in [1.29, 1.82) is 5.26 Å². The van der Waals surface area contributed by atoms with E-state index in [0.29, 0.717) is 0 Å². The molecule has 4 heteroatoms. The lowest BCUT2D eigenvalue weighted by Crippen LogP contribution is -2.08. The van der Waals surface area contributed by atoms with Gasteiger partial charge in [-0.05, 0) is 19.3 Å². The zero-order chi connectivity index (χ0) is 10.8. The number of ether oxygens (including phenoxy) is 1. The normalized spacial score (nSPS) is 14.4. The van der Waals surface area contributed by atoms with E-state index in [1.165, 1.54) is 5.57 Å². The highest BCUT2D eigenvalue weighted by molar-refractivity contribution is 5.28. The highest BCUT2D eigenvalue weighted by Crippen LogP contribution is 2.19. The van der Waals surface area contributed by atoms with Gasteiger partial charge in [-0.15, -0.1) is 0 Å². The van der Waals surface area contributed by atoms with E-state index in [2.05, 4.69) is 6.07 Å². The van der Waals surface area contributed by atoms with Gasteiger partial charge in [0.15, 0.2) is 0 Å². The molecular weight excluding hydrogens is 182 g/mol. The molecule has 0 N–H and O–H groups in total. The SMILES string of the molecule is CCC(C#N)=C1CCOCC1.O=C=O.